The molecule has 0 spiro atoms. The second-order valence-corrected chi connectivity index (χ2v) is 8.96. The Kier molecular flexibility index (Phi) is 8.28. The van der Waals surface area contributed by atoms with Gasteiger partial charge in [0.05, 0.1) is 17.3 Å². The molecular weight excluding hydrogens is 416 g/mol. The van der Waals surface area contributed by atoms with E-state index in [-0.39, 0.29) is 18.4 Å². The van der Waals surface area contributed by atoms with Crippen molar-refractivity contribution in [3.63, 3.8) is 0 Å². The van der Waals surface area contributed by atoms with Crippen LogP contribution in [0, 0.1) is 0 Å². The van der Waals surface area contributed by atoms with Gasteiger partial charge in [0, 0.05) is 12.2 Å². The van der Waals surface area contributed by atoms with Crippen LogP contribution in [0.5, 0.6) is 0 Å². The Morgan fingerprint density at radius 3 is 2.67 bits per heavy atom. The molecule has 0 aliphatic carbocycles. The topological polar surface area (TPSA) is 60.7 Å². The normalized spacial score (nSPS) is 11.7. The highest BCUT2D eigenvalue weighted by Gasteiger charge is 2.12. The lowest BCUT2D eigenvalue weighted by molar-refractivity contribution is -0.141. The van der Waals surface area contributed by atoms with E-state index in [4.69, 9.17) is 4.74 Å². The maximum Gasteiger partial charge on any atom is 0.325 e. The lowest BCUT2D eigenvalue weighted by atomic mass is 10.2. The third-order valence-corrected chi connectivity index (χ3v) is 6.84. The van der Waals surface area contributed by atoms with Crippen molar-refractivity contribution in [2.24, 2.45) is 4.99 Å². The summed E-state index contributed by atoms with van der Waals surface area (Å²) in [5.41, 5.74) is 3.40. The number of nitrogens with zero attached hydrogens (tertiary/aromatic N) is 2. The monoisotopic (exact) mass is 442 g/mol. The zero-order valence-electron chi connectivity index (χ0n) is 17.3. The number of methoxy groups -OCH3 is 1. The number of benzene rings is 2. The van der Waals surface area contributed by atoms with Gasteiger partial charge in [-0.25, -0.2) is 0 Å². The summed E-state index contributed by atoms with van der Waals surface area (Å²) in [6.07, 6.45) is 2.10. The van der Waals surface area contributed by atoms with E-state index in [1.54, 1.807) is 4.57 Å². The van der Waals surface area contributed by atoms with Crippen LogP contribution < -0.4 is 4.80 Å². The minimum atomic E-state index is -0.361. The number of fused-ring (bicyclic) bond motifs is 1. The molecule has 0 N–H and O–H groups in total. The number of amides is 1. The minimum absolute atomic E-state index is 0.0427. The summed E-state index contributed by atoms with van der Waals surface area (Å²) in [5.74, 6) is 1.34. The van der Waals surface area contributed by atoms with E-state index in [0.29, 0.717) is 11.2 Å². The molecule has 158 valence electrons. The number of hydrogen-bond donors (Lipinski definition) is 0. The lowest BCUT2D eigenvalue weighted by Gasteiger charge is -2.04. The number of rotatable bonds is 9. The lowest BCUT2D eigenvalue weighted by Crippen LogP contribution is -2.22. The van der Waals surface area contributed by atoms with Crippen LogP contribution >= 0.6 is 23.1 Å². The van der Waals surface area contributed by atoms with E-state index >= 15 is 0 Å². The molecule has 0 unspecified atom stereocenters. The highest BCUT2D eigenvalue weighted by molar-refractivity contribution is 7.98. The highest BCUT2D eigenvalue weighted by Crippen LogP contribution is 2.20. The van der Waals surface area contributed by atoms with Crippen LogP contribution in [0.2, 0.25) is 0 Å². The summed E-state index contributed by atoms with van der Waals surface area (Å²) in [7, 11) is 1.36. The summed E-state index contributed by atoms with van der Waals surface area (Å²) in [6, 6.07) is 16.4. The number of aromatic nitrogens is 1. The fraction of sp³-hybridized carbons (Fsp3) is 0.348. The Hall–Kier alpha value is -2.38. The van der Waals surface area contributed by atoms with Gasteiger partial charge in [0.2, 0.25) is 5.91 Å². The Bertz CT molecular complexity index is 1070. The standard InChI is InChI=1S/C23H26N2O3S2/c1-3-17-11-12-19-20(14-17)30-23(25(19)15-22(27)28-2)24-21(26)10-7-13-29-16-18-8-5-4-6-9-18/h4-6,8-9,11-12,14H,3,7,10,13,15-16H2,1-2H3. The molecule has 3 aromatic rings. The smallest absolute Gasteiger partial charge is 0.325 e. The number of carbonyl (C=O) groups is 2. The fourth-order valence-corrected chi connectivity index (χ4v) is 5.05. The molecule has 0 radical (unpaired) electrons. The molecule has 0 bridgehead atoms. The average Bonchev–Trinajstić information content (AvgIpc) is 3.09. The van der Waals surface area contributed by atoms with Crippen molar-refractivity contribution in [1.29, 1.82) is 0 Å². The number of hydrogen-bond acceptors (Lipinski definition) is 5. The number of thioether (sulfide) groups is 1. The van der Waals surface area contributed by atoms with Gasteiger partial charge in [0.25, 0.3) is 0 Å². The van der Waals surface area contributed by atoms with Crippen molar-refractivity contribution in [1.82, 2.24) is 4.57 Å². The van der Waals surface area contributed by atoms with Gasteiger partial charge in [-0.2, -0.15) is 16.8 Å². The summed E-state index contributed by atoms with van der Waals surface area (Å²) < 4.78 is 7.61. The van der Waals surface area contributed by atoms with Crippen molar-refractivity contribution < 1.29 is 14.3 Å². The number of esters is 1. The second kappa shape index (κ2) is 11.1. The fourth-order valence-electron chi connectivity index (χ4n) is 3.02. The van der Waals surface area contributed by atoms with Gasteiger partial charge in [0.15, 0.2) is 4.80 Å². The van der Waals surface area contributed by atoms with E-state index in [9.17, 15) is 9.59 Å². The largest absolute Gasteiger partial charge is 0.468 e. The number of aryl methyl sites for hydroxylation is 1. The zero-order valence-corrected chi connectivity index (χ0v) is 18.9. The first-order valence-electron chi connectivity index (χ1n) is 9.99. The first kappa shape index (κ1) is 22.3. The molecule has 1 heterocycles. The third kappa shape index (κ3) is 6.06. The summed E-state index contributed by atoms with van der Waals surface area (Å²) in [4.78, 5) is 29.2. The molecule has 0 saturated heterocycles. The molecule has 0 aliphatic rings. The molecule has 0 atom stereocenters. The molecule has 0 aliphatic heterocycles. The van der Waals surface area contributed by atoms with Crippen LogP contribution in [-0.4, -0.2) is 29.3 Å². The van der Waals surface area contributed by atoms with Crippen molar-refractivity contribution in [3.8, 4) is 0 Å². The third-order valence-electron chi connectivity index (χ3n) is 4.68. The van der Waals surface area contributed by atoms with Crippen molar-refractivity contribution >= 4 is 45.2 Å². The van der Waals surface area contributed by atoms with E-state index < -0.39 is 0 Å². The van der Waals surface area contributed by atoms with Gasteiger partial charge in [-0.1, -0.05) is 54.7 Å². The van der Waals surface area contributed by atoms with Gasteiger partial charge in [-0.05, 0) is 41.9 Å². The van der Waals surface area contributed by atoms with E-state index in [1.807, 2.05) is 42.1 Å². The quantitative estimate of drug-likeness (QED) is 0.359. The van der Waals surface area contributed by atoms with Crippen molar-refractivity contribution in [3.05, 3.63) is 64.5 Å². The van der Waals surface area contributed by atoms with Crippen LogP contribution in [0.4, 0.5) is 0 Å². The Balaban J connectivity index is 1.67. The maximum absolute atomic E-state index is 12.5. The molecule has 3 rings (SSSR count). The van der Waals surface area contributed by atoms with E-state index in [2.05, 4.69) is 30.1 Å². The SMILES string of the molecule is CCc1ccc2c(c1)sc(=NC(=O)CCCSCc1ccccc1)n2CC(=O)OC. The van der Waals surface area contributed by atoms with E-state index in [0.717, 1.165) is 34.6 Å². The van der Waals surface area contributed by atoms with Crippen LogP contribution in [-0.2, 0) is 33.0 Å². The van der Waals surface area contributed by atoms with Crippen LogP contribution in [0.1, 0.15) is 30.9 Å². The molecule has 5 nitrogen and oxygen atoms in total. The van der Waals surface area contributed by atoms with Crippen LogP contribution in [0.3, 0.4) is 0 Å². The molecule has 1 aromatic heterocycles. The van der Waals surface area contributed by atoms with Crippen molar-refractivity contribution in [2.75, 3.05) is 12.9 Å². The molecule has 30 heavy (non-hydrogen) atoms. The zero-order chi connectivity index (χ0) is 21.3. The molecule has 7 heteroatoms. The van der Waals surface area contributed by atoms with Gasteiger partial charge < -0.3 is 9.30 Å². The number of thiazole rings is 1. The van der Waals surface area contributed by atoms with Crippen molar-refractivity contribution in [2.45, 2.75) is 38.5 Å². The predicted molar refractivity (Wildman–Crippen MR) is 124 cm³/mol. The molecule has 2 aromatic carbocycles. The van der Waals surface area contributed by atoms with Gasteiger partial charge in [-0.15, -0.1) is 0 Å². The first-order valence-corrected chi connectivity index (χ1v) is 12.0. The molecule has 0 fully saturated rings. The minimum Gasteiger partial charge on any atom is -0.468 e. The first-order chi connectivity index (χ1) is 14.6. The van der Waals surface area contributed by atoms with Crippen LogP contribution in [0.15, 0.2) is 53.5 Å². The Morgan fingerprint density at radius 1 is 1.13 bits per heavy atom. The Morgan fingerprint density at radius 2 is 1.93 bits per heavy atom. The van der Waals surface area contributed by atoms with Gasteiger partial charge in [-0.3, -0.25) is 9.59 Å². The summed E-state index contributed by atoms with van der Waals surface area (Å²) in [5, 5.41) is 0. The molecule has 0 saturated carbocycles. The van der Waals surface area contributed by atoms with Crippen LogP contribution in [0.25, 0.3) is 10.2 Å². The second-order valence-electron chi connectivity index (χ2n) is 6.85. The molecule has 1 amide bonds. The predicted octanol–water partition coefficient (Wildman–Crippen LogP) is 4.58. The van der Waals surface area contributed by atoms with E-state index in [1.165, 1.54) is 29.6 Å². The molecular formula is C23H26N2O3S2. The number of carbonyl (C=O) groups excluding carboxylic acids is 2. The number of ether oxygens (including phenoxy) is 1. The van der Waals surface area contributed by atoms with Gasteiger partial charge in [0.1, 0.15) is 6.54 Å². The Labute approximate surface area is 184 Å². The summed E-state index contributed by atoms with van der Waals surface area (Å²) in [6.45, 7) is 2.14. The average molecular weight is 443 g/mol. The van der Waals surface area contributed by atoms with Gasteiger partial charge >= 0.3 is 5.97 Å². The maximum atomic E-state index is 12.5. The summed E-state index contributed by atoms with van der Waals surface area (Å²) >= 11 is 3.26. The highest BCUT2D eigenvalue weighted by atomic mass is 32.2.